The maximum Gasteiger partial charge on any atom is 0.224 e. The Labute approximate surface area is 192 Å². The molecule has 0 bridgehead atoms. The summed E-state index contributed by atoms with van der Waals surface area (Å²) >= 11 is 0. The summed E-state index contributed by atoms with van der Waals surface area (Å²) in [5.41, 5.74) is 2.28. The van der Waals surface area contributed by atoms with Crippen molar-refractivity contribution >= 4 is 35.8 Å². The third-order valence-electron chi connectivity index (χ3n) is 5.00. The molecule has 1 heterocycles. The van der Waals surface area contributed by atoms with Gasteiger partial charge in [-0.2, -0.15) is 0 Å². The molecule has 7 heteroatoms. The standard InChI is InChI=1S/C22H36N4O2.HI/c1-5-13-28-20-14-17(2)8-9-19(20)15-25-22(23-4)24-11-10-21(27)26-12-6-7-18(3)16-26;/h8-9,14,18H,5-7,10-13,15-16H2,1-4H3,(H2,23,24,25);1H. The lowest BCUT2D eigenvalue weighted by Crippen LogP contribution is -2.42. The molecule has 1 aliphatic rings. The first kappa shape index (κ1) is 25.5. The molecule has 1 aromatic rings. The fourth-order valence-corrected chi connectivity index (χ4v) is 3.42. The molecule has 0 radical (unpaired) electrons. The molecule has 0 spiro atoms. The quantitative estimate of drug-likeness (QED) is 0.314. The lowest BCUT2D eigenvalue weighted by molar-refractivity contribution is -0.132. The molecule has 0 aliphatic carbocycles. The first-order chi connectivity index (χ1) is 13.5. The van der Waals surface area contributed by atoms with Crippen LogP contribution >= 0.6 is 24.0 Å². The van der Waals surface area contributed by atoms with Crippen LogP contribution in [0.3, 0.4) is 0 Å². The van der Waals surface area contributed by atoms with Crippen LogP contribution in [0.2, 0.25) is 0 Å². The molecule has 1 aromatic carbocycles. The van der Waals surface area contributed by atoms with Crippen LogP contribution in [0.25, 0.3) is 0 Å². The molecule has 1 unspecified atom stereocenters. The average molecular weight is 516 g/mol. The molecule has 2 N–H and O–H groups in total. The van der Waals surface area contributed by atoms with Gasteiger partial charge in [-0.15, -0.1) is 24.0 Å². The van der Waals surface area contributed by atoms with Gasteiger partial charge in [-0.05, 0) is 43.7 Å². The minimum absolute atomic E-state index is 0. The van der Waals surface area contributed by atoms with Crippen molar-refractivity contribution in [1.29, 1.82) is 0 Å². The maximum absolute atomic E-state index is 12.4. The van der Waals surface area contributed by atoms with E-state index < -0.39 is 0 Å². The molecule has 6 nitrogen and oxygen atoms in total. The Morgan fingerprint density at radius 1 is 1.34 bits per heavy atom. The molecule has 1 aliphatic heterocycles. The third kappa shape index (κ3) is 8.80. The summed E-state index contributed by atoms with van der Waals surface area (Å²) < 4.78 is 5.87. The van der Waals surface area contributed by atoms with E-state index in [0.717, 1.165) is 37.2 Å². The number of aliphatic imine (C=N–C) groups is 1. The first-order valence-electron chi connectivity index (χ1n) is 10.5. The lowest BCUT2D eigenvalue weighted by Gasteiger charge is -2.31. The molecule has 29 heavy (non-hydrogen) atoms. The van der Waals surface area contributed by atoms with E-state index in [1.54, 1.807) is 7.05 Å². The molecule has 1 atom stereocenters. The monoisotopic (exact) mass is 516 g/mol. The van der Waals surface area contributed by atoms with Crippen LogP contribution in [0.5, 0.6) is 5.75 Å². The van der Waals surface area contributed by atoms with E-state index in [2.05, 4.69) is 54.6 Å². The summed E-state index contributed by atoms with van der Waals surface area (Å²) in [6.45, 7) is 10.1. The molecular weight excluding hydrogens is 479 g/mol. The number of benzene rings is 1. The molecule has 2 rings (SSSR count). The number of carbonyl (C=O) groups is 1. The smallest absolute Gasteiger partial charge is 0.224 e. The minimum Gasteiger partial charge on any atom is -0.493 e. The van der Waals surface area contributed by atoms with Crippen LogP contribution in [0.15, 0.2) is 23.2 Å². The topological polar surface area (TPSA) is 66.0 Å². The van der Waals surface area contributed by atoms with Gasteiger partial charge in [0, 0.05) is 45.2 Å². The number of guanidine groups is 1. The number of nitrogens with one attached hydrogen (secondary N) is 2. The van der Waals surface area contributed by atoms with Crippen LogP contribution in [0, 0.1) is 12.8 Å². The van der Waals surface area contributed by atoms with Gasteiger partial charge >= 0.3 is 0 Å². The van der Waals surface area contributed by atoms with Crippen molar-refractivity contribution in [3.05, 3.63) is 29.3 Å². The highest BCUT2D eigenvalue weighted by Crippen LogP contribution is 2.20. The highest BCUT2D eigenvalue weighted by Gasteiger charge is 2.20. The van der Waals surface area contributed by atoms with E-state index in [9.17, 15) is 4.79 Å². The van der Waals surface area contributed by atoms with E-state index in [0.29, 0.717) is 38.0 Å². The van der Waals surface area contributed by atoms with Crippen LogP contribution in [0.1, 0.15) is 50.7 Å². The van der Waals surface area contributed by atoms with Crippen molar-refractivity contribution in [2.45, 2.75) is 53.0 Å². The van der Waals surface area contributed by atoms with E-state index in [1.807, 2.05) is 4.90 Å². The van der Waals surface area contributed by atoms with Gasteiger partial charge in [0.1, 0.15) is 5.75 Å². The Bertz CT molecular complexity index is 666. The number of carbonyl (C=O) groups excluding carboxylic acids is 1. The van der Waals surface area contributed by atoms with E-state index >= 15 is 0 Å². The highest BCUT2D eigenvalue weighted by molar-refractivity contribution is 14.0. The van der Waals surface area contributed by atoms with E-state index in [-0.39, 0.29) is 29.9 Å². The van der Waals surface area contributed by atoms with Crippen molar-refractivity contribution in [2.24, 2.45) is 10.9 Å². The van der Waals surface area contributed by atoms with Gasteiger partial charge in [-0.3, -0.25) is 9.79 Å². The molecule has 1 fully saturated rings. The van der Waals surface area contributed by atoms with Crippen molar-refractivity contribution in [3.8, 4) is 5.75 Å². The van der Waals surface area contributed by atoms with Crippen LogP contribution in [-0.4, -0.2) is 50.1 Å². The van der Waals surface area contributed by atoms with Crippen LogP contribution in [0.4, 0.5) is 0 Å². The second-order valence-electron chi connectivity index (χ2n) is 7.65. The van der Waals surface area contributed by atoms with Crippen molar-refractivity contribution < 1.29 is 9.53 Å². The number of aryl methyl sites for hydroxylation is 1. The van der Waals surface area contributed by atoms with E-state index in [1.165, 1.54) is 12.0 Å². The first-order valence-corrected chi connectivity index (χ1v) is 10.5. The Morgan fingerprint density at radius 3 is 2.83 bits per heavy atom. The zero-order valence-corrected chi connectivity index (χ0v) is 20.6. The Balaban J connectivity index is 0.00000420. The van der Waals surface area contributed by atoms with Crippen molar-refractivity contribution in [1.82, 2.24) is 15.5 Å². The molecule has 0 saturated carbocycles. The van der Waals surface area contributed by atoms with Crippen molar-refractivity contribution in [3.63, 3.8) is 0 Å². The van der Waals surface area contributed by atoms with Gasteiger partial charge in [0.2, 0.25) is 5.91 Å². The van der Waals surface area contributed by atoms with Gasteiger partial charge in [0.25, 0.3) is 0 Å². The summed E-state index contributed by atoms with van der Waals surface area (Å²) in [6.07, 6.45) is 3.81. The number of hydrogen-bond donors (Lipinski definition) is 2. The Hall–Kier alpha value is -1.51. The van der Waals surface area contributed by atoms with Gasteiger partial charge < -0.3 is 20.3 Å². The highest BCUT2D eigenvalue weighted by atomic mass is 127. The van der Waals surface area contributed by atoms with E-state index in [4.69, 9.17) is 4.74 Å². The second kappa shape index (κ2) is 13.7. The summed E-state index contributed by atoms with van der Waals surface area (Å²) in [6, 6.07) is 6.24. The SMILES string of the molecule is CCCOc1cc(C)ccc1CNC(=NC)NCCC(=O)N1CCCC(C)C1.I. The normalized spacial score (nSPS) is 16.8. The summed E-state index contributed by atoms with van der Waals surface area (Å²) in [4.78, 5) is 18.6. The molecule has 0 aromatic heterocycles. The number of amides is 1. The molecule has 1 saturated heterocycles. The largest absolute Gasteiger partial charge is 0.493 e. The predicted molar refractivity (Wildman–Crippen MR) is 130 cm³/mol. The number of hydrogen-bond acceptors (Lipinski definition) is 3. The number of halogens is 1. The van der Waals surface area contributed by atoms with Crippen LogP contribution < -0.4 is 15.4 Å². The predicted octanol–water partition coefficient (Wildman–Crippen LogP) is 3.72. The summed E-state index contributed by atoms with van der Waals surface area (Å²) in [5.74, 6) is 2.45. The Kier molecular flexibility index (Phi) is 12.0. The van der Waals surface area contributed by atoms with Crippen LogP contribution in [-0.2, 0) is 11.3 Å². The fourth-order valence-electron chi connectivity index (χ4n) is 3.42. The van der Waals surface area contributed by atoms with Gasteiger partial charge in [-0.25, -0.2) is 0 Å². The summed E-state index contributed by atoms with van der Waals surface area (Å²) in [7, 11) is 1.74. The molecule has 1 amide bonds. The third-order valence-corrected chi connectivity index (χ3v) is 5.00. The number of piperidine rings is 1. The maximum atomic E-state index is 12.4. The zero-order chi connectivity index (χ0) is 20.4. The Morgan fingerprint density at radius 2 is 2.14 bits per heavy atom. The molecular formula is C22H37IN4O2. The molecule has 164 valence electrons. The van der Waals surface area contributed by atoms with Gasteiger partial charge in [-0.1, -0.05) is 26.0 Å². The summed E-state index contributed by atoms with van der Waals surface area (Å²) in [5, 5.41) is 6.56. The lowest BCUT2D eigenvalue weighted by atomic mass is 10.00. The number of likely N-dealkylation sites (tertiary alicyclic amines) is 1. The zero-order valence-electron chi connectivity index (χ0n) is 18.3. The average Bonchev–Trinajstić information content (AvgIpc) is 2.69. The van der Waals surface area contributed by atoms with Gasteiger partial charge in [0.05, 0.1) is 6.61 Å². The number of rotatable bonds is 8. The number of ether oxygens (including phenoxy) is 1. The van der Waals surface area contributed by atoms with Crippen molar-refractivity contribution in [2.75, 3.05) is 33.3 Å². The fraction of sp³-hybridized carbons (Fsp3) is 0.636. The van der Waals surface area contributed by atoms with Gasteiger partial charge in [0.15, 0.2) is 5.96 Å². The second-order valence-corrected chi connectivity index (χ2v) is 7.65. The minimum atomic E-state index is 0. The number of nitrogens with zero attached hydrogens (tertiary/aromatic N) is 2.